The topological polar surface area (TPSA) is 41.1 Å². The van der Waals surface area contributed by atoms with Gasteiger partial charge in [0.25, 0.3) is 0 Å². The van der Waals surface area contributed by atoms with E-state index in [1.807, 2.05) is 32.0 Å². The molecule has 0 spiro atoms. The molecule has 2 N–H and O–H groups in total. The van der Waals surface area contributed by atoms with Crippen LogP contribution >= 0.6 is 0 Å². The number of carbonyl (C=O) groups is 1. The van der Waals surface area contributed by atoms with E-state index in [1.54, 1.807) is 0 Å². The van der Waals surface area contributed by atoms with Crippen molar-refractivity contribution >= 4 is 5.91 Å². The van der Waals surface area contributed by atoms with Crippen LogP contribution in [0.2, 0.25) is 0 Å². The second-order valence-corrected chi connectivity index (χ2v) is 6.60. The van der Waals surface area contributed by atoms with Crippen LogP contribution in [-0.2, 0) is 11.2 Å². The number of piperidine rings is 1. The molecule has 0 saturated carbocycles. The maximum Gasteiger partial charge on any atom is 0.226 e. The lowest BCUT2D eigenvalue weighted by atomic mass is 9.84. The van der Waals surface area contributed by atoms with Crippen molar-refractivity contribution in [2.24, 2.45) is 5.41 Å². The van der Waals surface area contributed by atoms with Gasteiger partial charge in [0, 0.05) is 17.5 Å². The van der Waals surface area contributed by atoms with E-state index in [4.69, 9.17) is 0 Å². The van der Waals surface area contributed by atoms with Crippen molar-refractivity contribution in [3.63, 3.8) is 0 Å². The predicted octanol–water partition coefficient (Wildman–Crippen LogP) is 2.51. The fourth-order valence-corrected chi connectivity index (χ4v) is 2.83. The Labute approximate surface area is 122 Å². The molecule has 0 aliphatic carbocycles. The van der Waals surface area contributed by atoms with Gasteiger partial charge in [0.05, 0.1) is 0 Å². The molecule has 1 aromatic carbocycles. The van der Waals surface area contributed by atoms with Gasteiger partial charge in [-0.1, -0.05) is 44.2 Å². The third kappa shape index (κ3) is 4.07. The van der Waals surface area contributed by atoms with Gasteiger partial charge < -0.3 is 10.6 Å². The molecule has 0 bridgehead atoms. The quantitative estimate of drug-likeness (QED) is 0.886. The normalized spacial score (nSPS) is 23.4. The first-order valence-electron chi connectivity index (χ1n) is 7.55. The van der Waals surface area contributed by atoms with Crippen molar-refractivity contribution in [2.45, 2.75) is 52.1 Å². The summed E-state index contributed by atoms with van der Waals surface area (Å²) < 4.78 is 0. The molecule has 2 atom stereocenters. The molecule has 0 radical (unpaired) electrons. The second-order valence-electron chi connectivity index (χ2n) is 6.60. The van der Waals surface area contributed by atoms with Crippen molar-refractivity contribution in [1.29, 1.82) is 0 Å². The molecule has 2 unspecified atom stereocenters. The van der Waals surface area contributed by atoms with E-state index in [2.05, 4.69) is 29.7 Å². The highest BCUT2D eigenvalue weighted by molar-refractivity contribution is 5.82. The monoisotopic (exact) mass is 274 g/mol. The standard InChI is InChI=1S/C17H26N2O/c1-13-11-15(9-10-18-13)19-16(20)17(2,3)12-14-7-5-4-6-8-14/h4-8,13,15,18H,9-12H2,1-3H3,(H,19,20). The van der Waals surface area contributed by atoms with Crippen LogP contribution in [0.25, 0.3) is 0 Å². The summed E-state index contributed by atoms with van der Waals surface area (Å²) >= 11 is 0. The molecular formula is C17H26N2O. The number of nitrogens with one attached hydrogen (secondary N) is 2. The fraction of sp³-hybridized carbons (Fsp3) is 0.588. The van der Waals surface area contributed by atoms with E-state index in [1.165, 1.54) is 5.56 Å². The molecule has 3 heteroatoms. The molecule has 1 amide bonds. The van der Waals surface area contributed by atoms with Gasteiger partial charge in [-0.2, -0.15) is 0 Å². The first-order valence-corrected chi connectivity index (χ1v) is 7.55. The number of hydrogen-bond acceptors (Lipinski definition) is 2. The Morgan fingerprint density at radius 1 is 1.35 bits per heavy atom. The maximum absolute atomic E-state index is 12.5. The Bertz CT molecular complexity index is 442. The summed E-state index contributed by atoms with van der Waals surface area (Å²) in [5.74, 6) is 0.167. The molecule has 20 heavy (non-hydrogen) atoms. The first kappa shape index (κ1) is 15.0. The van der Waals surface area contributed by atoms with E-state index in [0.29, 0.717) is 12.1 Å². The zero-order valence-electron chi connectivity index (χ0n) is 12.8. The van der Waals surface area contributed by atoms with Crippen LogP contribution in [0.15, 0.2) is 30.3 Å². The first-order chi connectivity index (χ1) is 9.47. The molecule has 1 heterocycles. The molecule has 0 aromatic heterocycles. The SMILES string of the molecule is CC1CC(NC(=O)C(C)(C)Cc2ccccc2)CCN1. The predicted molar refractivity (Wildman–Crippen MR) is 82.6 cm³/mol. The molecule has 1 aliphatic heterocycles. The summed E-state index contributed by atoms with van der Waals surface area (Å²) in [6.07, 6.45) is 2.82. The average Bonchev–Trinajstić information content (AvgIpc) is 2.39. The van der Waals surface area contributed by atoms with Crippen molar-refractivity contribution in [1.82, 2.24) is 10.6 Å². The third-order valence-corrected chi connectivity index (χ3v) is 4.06. The Hall–Kier alpha value is -1.35. The summed E-state index contributed by atoms with van der Waals surface area (Å²) in [7, 11) is 0. The van der Waals surface area contributed by atoms with Crippen molar-refractivity contribution in [3.8, 4) is 0 Å². The highest BCUT2D eigenvalue weighted by atomic mass is 16.2. The summed E-state index contributed by atoms with van der Waals surface area (Å²) in [4.78, 5) is 12.5. The molecule has 1 aliphatic rings. The molecule has 1 aromatic rings. The lowest BCUT2D eigenvalue weighted by Crippen LogP contribution is -2.50. The second kappa shape index (κ2) is 6.40. The Morgan fingerprint density at radius 2 is 2.05 bits per heavy atom. The van der Waals surface area contributed by atoms with Crippen molar-refractivity contribution in [3.05, 3.63) is 35.9 Å². The lowest BCUT2D eigenvalue weighted by molar-refractivity contribution is -0.130. The number of amides is 1. The zero-order valence-corrected chi connectivity index (χ0v) is 12.8. The zero-order chi connectivity index (χ0) is 14.6. The van der Waals surface area contributed by atoms with Gasteiger partial charge in [0.1, 0.15) is 0 Å². The van der Waals surface area contributed by atoms with Crippen molar-refractivity contribution in [2.75, 3.05) is 6.54 Å². The van der Waals surface area contributed by atoms with E-state index in [9.17, 15) is 4.79 Å². The van der Waals surface area contributed by atoms with E-state index in [0.717, 1.165) is 25.8 Å². The van der Waals surface area contributed by atoms with Crippen LogP contribution in [0.5, 0.6) is 0 Å². The minimum absolute atomic E-state index is 0.167. The van der Waals surface area contributed by atoms with Crippen LogP contribution < -0.4 is 10.6 Å². The Morgan fingerprint density at radius 3 is 2.70 bits per heavy atom. The Balaban J connectivity index is 1.93. The summed E-state index contributed by atoms with van der Waals surface area (Å²) in [6.45, 7) is 7.22. The molecule has 2 rings (SSSR count). The molecule has 1 fully saturated rings. The smallest absolute Gasteiger partial charge is 0.226 e. The van der Waals surface area contributed by atoms with Gasteiger partial charge in [-0.05, 0) is 38.3 Å². The van der Waals surface area contributed by atoms with Crippen LogP contribution in [0.1, 0.15) is 39.2 Å². The van der Waals surface area contributed by atoms with E-state index in [-0.39, 0.29) is 11.3 Å². The highest BCUT2D eigenvalue weighted by Crippen LogP contribution is 2.23. The van der Waals surface area contributed by atoms with Gasteiger partial charge in [0.15, 0.2) is 0 Å². The van der Waals surface area contributed by atoms with Crippen LogP contribution in [0.4, 0.5) is 0 Å². The minimum Gasteiger partial charge on any atom is -0.353 e. The number of benzene rings is 1. The third-order valence-electron chi connectivity index (χ3n) is 4.06. The van der Waals surface area contributed by atoms with Gasteiger partial charge >= 0.3 is 0 Å². The lowest BCUT2D eigenvalue weighted by Gasteiger charge is -2.32. The molecule has 3 nitrogen and oxygen atoms in total. The number of rotatable bonds is 4. The van der Waals surface area contributed by atoms with Gasteiger partial charge in [-0.3, -0.25) is 4.79 Å². The molecule has 110 valence electrons. The van der Waals surface area contributed by atoms with E-state index >= 15 is 0 Å². The van der Waals surface area contributed by atoms with Crippen LogP contribution in [0.3, 0.4) is 0 Å². The number of hydrogen-bond donors (Lipinski definition) is 2. The average molecular weight is 274 g/mol. The maximum atomic E-state index is 12.5. The number of carbonyl (C=O) groups excluding carboxylic acids is 1. The summed E-state index contributed by atoms with van der Waals surface area (Å²) in [5.41, 5.74) is 0.849. The molecule has 1 saturated heterocycles. The van der Waals surface area contributed by atoms with Crippen molar-refractivity contribution < 1.29 is 4.79 Å². The van der Waals surface area contributed by atoms with Crippen LogP contribution in [0, 0.1) is 5.41 Å². The molecular weight excluding hydrogens is 248 g/mol. The highest BCUT2D eigenvalue weighted by Gasteiger charge is 2.30. The van der Waals surface area contributed by atoms with E-state index < -0.39 is 0 Å². The summed E-state index contributed by atoms with van der Waals surface area (Å²) in [6, 6.07) is 11.0. The van der Waals surface area contributed by atoms with Gasteiger partial charge in [-0.15, -0.1) is 0 Å². The van der Waals surface area contributed by atoms with Crippen LogP contribution in [-0.4, -0.2) is 24.5 Å². The minimum atomic E-state index is -0.366. The largest absolute Gasteiger partial charge is 0.353 e. The van der Waals surface area contributed by atoms with Gasteiger partial charge in [0.2, 0.25) is 5.91 Å². The van der Waals surface area contributed by atoms with Gasteiger partial charge in [-0.25, -0.2) is 0 Å². The summed E-state index contributed by atoms with van der Waals surface area (Å²) in [5, 5.41) is 6.64. The Kier molecular flexibility index (Phi) is 4.81. The fourth-order valence-electron chi connectivity index (χ4n) is 2.83.